The second-order valence-electron chi connectivity index (χ2n) is 5.12. The molecule has 2 rings (SSSR count). The Kier molecular flexibility index (Phi) is 4.61. The third kappa shape index (κ3) is 3.60. The molecule has 102 valence electrons. The fourth-order valence-electron chi connectivity index (χ4n) is 2.14. The fourth-order valence-corrected chi connectivity index (χ4v) is 2.14. The predicted molar refractivity (Wildman–Crippen MR) is 81.0 cm³/mol. The summed E-state index contributed by atoms with van der Waals surface area (Å²) in [6, 6.07) is 11.4. The van der Waals surface area contributed by atoms with Gasteiger partial charge in [0.15, 0.2) is 0 Å². The average molecular weight is 257 g/mol. The normalized spacial score (nSPS) is 16.4. The van der Waals surface area contributed by atoms with Crippen LogP contribution >= 0.6 is 0 Å². The molecule has 3 heteroatoms. The first-order chi connectivity index (χ1) is 9.20. The van der Waals surface area contributed by atoms with Crippen LogP contribution in [-0.4, -0.2) is 23.4 Å². The van der Waals surface area contributed by atoms with E-state index in [0.29, 0.717) is 12.1 Å². The van der Waals surface area contributed by atoms with E-state index in [2.05, 4.69) is 78.6 Å². The van der Waals surface area contributed by atoms with E-state index in [-0.39, 0.29) is 0 Å². The minimum Gasteiger partial charge on any atom is -0.363 e. The number of hydrogen-bond donors (Lipinski definition) is 1. The maximum absolute atomic E-state index is 4.59. The van der Waals surface area contributed by atoms with Crippen molar-refractivity contribution in [3.05, 3.63) is 48.2 Å². The Hall–Kier alpha value is -1.77. The molecule has 0 radical (unpaired) electrons. The maximum Gasteiger partial charge on any atom is 0.124 e. The minimum atomic E-state index is 0.329. The Morgan fingerprint density at radius 2 is 2.00 bits per heavy atom. The lowest BCUT2D eigenvalue weighted by Gasteiger charge is -2.27. The van der Waals surface area contributed by atoms with Gasteiger partial charge in [0.2, 0.25) is 0 Å². The van der Waals surface area contributed by atoms with Gasteiger partial charge in [0.1, 0.15) is 12.5 Å². The van der Waals surface area contributed by atoms with Gasteiger partial charge in [-0.1, -0.05) is 37.3 Å². The third-order valence-electron chi connectivity index (χ3n) is 3.42. The molecule has 0 saturated heterocycles. The topological polar surface area (TPSA) is 27.6 Å². The highest BCUT2D eigenvalue weighted by molar-refractivity contribution is 5.93. The van der Waals surface area contributed by atoms with Crippen LogP contribution in [0.25, 0.3) is 0 Å². The van der Waals surface area contributed by atoms with Crippen LogP contribution in [0.15, 0.2) is 47.6 Å². The predicted octanol–water partition coefficient (Wildman–Crippen LogP) is 3.32. The second kappa shape index (κ2) is 6.41. The summed E-state index contributed by atoms with van der Waals surface area (Å²) in [5.41, 5.74) is 1.31. The summed E-state index contributed by atoms with van der Waals surface area (Å²) in [5, 5.41) is 3.52. The molecule has 1 aromatic carbocycles. The van der Waals surface area contributed by atoms with Crippen molar-refractivity contribution in [1.29, 1.82) is 0 Å². The molecule has 0 spiro atoms. The monoisotopic (exact) mass is 257 g/mol. The molecule has 19 heavy (non-hydrogen) atoms. The molecule has 1 aliphatic rings. The van der Waals surface area contributed by atoms with Crippen LogP contribution < -0.4 is 5.32 Å². The van der Waals surface area contributed by atoms with E-state index in [4.69, 9.17) is 0 Å². The zero-order chi connectivity index (χ0) is 13.7. The van der Waals surface area contributed by atoms with Gasteiger partial charge in [-0.05, 0) is 31.9 Å². The first-order valence-corrected chi connectivity index (χ1v) is 7.00. The van der Waals surface area contributed by atoms with Gasteiger partial charge >= 0.3 is 0 Å². The van der Waals surface area contributed by atoms with Gasteiger partial charge in [-0.2, -0.15) is 0 Å². The molecule has 1 N–H and O–H groups in total. The van der Waals surface area contributed by atoms with Crippen molar-refractivity contribution in [3.63, 3.8) is 0 Å². The lowest BCUT2D eigenvalue weighted by molar-refractivity contribution is 0.317. The summed E-state index contributed by atoms with van der Waals surface area (Å²) in [6.07, 6.45) is 5.23. The molecule has 1 atom stereocenters. The summed E-state index contributed by atoms with van der Waals surface area (Å²) in [4.78, 5) is 6.81. The number of aliphatic imine (C=N–C) groups is 1. The van der Waals surface area contributed by atoms with Crippen molar-refractivity contribution in [2.45, 2.75) is 39.3 Å². The van der Waals surface area contributed by atoms with Crippen LogP contribution in [0.2, 0.25) is 0 Å². The van der Waals surface area contributed by atoms with Gasteiger partial charge < -0.3 is 10.2 Å². The quantitative estimate of drug-likeness (QED) is 0.896. The summed E-state index contributed by atoms with van der Waals surface area (Å²) >= 11 is 0. The summed E-state index contributed by atoms with van der Waals surface area (Å²) in [6.45, 7) is 7.29. The molecule has 1 unspecified atom stereocenters. The number of nitrogens with one attached hydrogen (secondary N) is 1. The second-order valence-corrected chi connectivity index (χ2v) is 5.12. The zero-order valence-corrected chi connectivity index (χ0v) is 12.0. The van der Waals surface area contributed by atoms with Crippen molar-refractivity contribution in [2.24, 2.45) is 4.99 Å². The van der Waals surface area contributed by atoms with Crippen LogP contribution in [0.1, 0.15) is 38.8 Å². The first kappa shape index (κ1) is 13.7. The molecule has 0 amide bonds. The number of benzene rings is 1. The molecule has 1 heterocycles. The highest BCUT2D eigenvalue weighted by atomic mass is 15.2. The Balaban J connectivity index is 1.99. The molecule has 0 aliphatic carbocycles. The average Bonchev–Trinajstić information content (AvgIpc) is 2.46. The Morgan fingerprint density at radius 3 is 2.53 bits per heavy atom. The highest BCUT2D eigenvalue weighted by Crippen LogP contribution is 2.16. The van der Waals surface area contributed by atoms with Crippen molar-refractivity contribution in [3.8, 4) is 0 Å². The zero-order valence-electron chi connectivity index (χ0n) is 12.0. The summed E-state index contributed by atoms with van der Waals surface area (Å²) in [5.74, 6) is 0.979. The number of hydrogen-bond acceptors (Lipinski definition) is 3. The fraction of sp³-hybridized carbons (Fsp3) is 0.438. The number of rotatable bonds is 4. The van der Waals surface area contributed by atoms with E-state index in [1.165, 1.54) is 5.56 Å². The Labute approximate surface area is 116 Å². The van der Waals surface area contributed by atoms with Crippen molar-refractivity contribution >= 4 is 5.84 Å². The minimum absolute atomic E-state index is 0.329. The molecular weight excluding hydrogens is 234 g/mol. The largest absolute Gasteiger partial charge is 0.363 e. The number of nitrogens with zero attached hydrogens (tertiary/aromatic N) is 2. The maximum atomic E-state index is 4.59. The van der Waals surface area contributed by atoms with E-state index in [1.54, 1.807) is 0 Å². The lowest BCUT2D eigenvalue weighted by atomic mass is 10.0. The van der Waals surface area contributed by atoms with E-state index < -0.39 is 0 Å². The number of amidine groups is 1. The van der Waals surface area contributed by atoms with Gasteiger partial charge in [-0.25, -0.2) is 4.99 Å². The van der Waals surface area contributed by atoms with Gasteiger partial charge in [-0.3, -0.25) is 0 Å². The van der Waals surface area contributed by atoms with Crippen molar-refractivity contribution in [2.75, 3.05) is 6.67 Å². The van der Waals surface area contributed by atoms with Gasteiger partial charge in [0.25, 0.3) is 0 Å². The Morgan fingerprint density at radius 1 is 1.26 bits per heavy atom. The standard InChI is InChI=1S/C16H23N3/c1-4-15(14-8-6-5-7-9-14)18-16-10-11-19(12-17-16)13(2)3/h5-11,13,15H,4,12H2,1-3H3,(H,17,18). The van der Waals surface area contributed by atoms with Gasteiger partial charge in [-0.15, -0.1) is 0 Å². The molecule has 0 aromatic heterocycles. The van der Waals surface area contributed by atoms with E-state index >= 15 is 0 Å². The molecule has 0 bridgehead atoms. The van der Waals surface area contributed by atoms with E-state index in [1.807, 2.05) is 0 Å². The molecule has 3 nitrogen and oxygen atoms in total. The molecule has 0 fully saturated rings. The van der Waals surface area contributed by atoms with Gasteiger partial charge in [0, 0.05) is 12.2 Å². The summed E-state index contributed by atoms with van der Waals surface area (Å²) in [7, 11) is 0. The van der Waals surface area contributed by atoms with Crippen LogP contribution in [-0.2, 0) is 0 Å². The van der Waals surface area contributed by atoms with Crippen LogP contribution in [0.5, 0.6) is 0 Å². The van der Waals surface area contributed by atoms with Crippen LogP contribution in [0.3, 0.4) is 0 Å². The molecule has 1 aliphatic heterocycles. The lowest BCUT2D eigenvalue weighted by Crippen LogP contribution is -2.34. The van der Waals surface area contributed by atoms with E-state index in [9.17, 15) is 0 Å². The smallest absolute Gasteiger partial charge is 0.124 e. The molecular formula is C16H23N3. The third-order valence-corrected chi connectivity index (χ3v) is 3.42. The van der Waals surface area contributed by atoms with E-state index in [0.717, 1.165) is 18.9 Å². The first-order valence-electron chi connectivity index (χ1n) is 7.00. The Bertz CT molecular complexity index is 448. The van der Waals surface area contributed by atoms with Crippen molar-refractivity contribution < 1.29 is 0 Å². The molecule has 0 saturated carbocycles. The van der Waals surface area contributed by atoms with Crippen LogP contribution in [0.4, 0.5) is 0 Å². The molecule has 1 aromatic rings. The SMILES string of the molecule is CCC(NC1=NCN(C(C)C)C=C1)c1ccccc1. The van der Waals surface area contributed by atoms with Crippen LogP contribution in [0, 0.1) is 0 Å². The van der Waals surface area contributed by atoms with Gasteiger partial charge in [0.05, 0.1) is 6.04 Å². The highest BCUT2D eigenvalue weighted by Gasteiger charge is 2.13. The van der Waals surface area contributed by atoms with Crippen molar-refractivity contribution in [1.82, 2.24) is 10.2 Å². The summed E-state index contributed by atoms with van der Waals surface area (Å²) < 4.78 is 0.